The fourth-order valence-electron chi connectivity index (χ4n) is 3.13. The van der Waals surface area contributed by atoms with Gasteiger partial charge in [-0.2, -0.15) is 0 Å². The Morgan fingerprint density at radius 3 is 2.72 bits per heavy atom. The van der Waals surface area contributed by atoms with Crippen LogP contribution in [0.5, 0.6) is 0 Å². The summed E-state index contributed by atoms with van der Waals surface area (Å²) >= 11 is 12.1. The third kappa shape index (κ3) is 5.21. The highest BCUT2D eigenvalue weighted by Crippen LogP contribution is 2.23. The van der Waals surface area contributed by atoms with E-state index in [2.05, 4.69) is 20.2 Å². The van der Waals surface area contributed by atoms with Crippen molar-refractivity contribution >= 4 is 34.8 Å². The number of aromatic nitrogens is 2. The highest BCUT2D eigenvalue weighted by atomic mass is 35.5. The van der Waals surface area contributed by atoms with Crippen molar-refractivity contribution in [1.29, 1.82) is 0 Å². The number of piperidine rings is 1. The number of nitrogens with zero attached hydrogens (tertiary/aromatic N) is 3. The number of hydrogen-bond acceptors (Lipinski definition) is 5. The van der Waals surface area contributed by atoms with Crippen molar-refractivity contribution in [2.45, 2.75) is 19.3 Å². The number of aliphatic hydroxyl groups excluding tert-OH is 1. The van der Waals surface area contributed by atoms with Crippen LogP contribution < -0.4 is 10.2 Å². The standard InChI is InChI=1S/C18H22Cl2N4O/c19-15-6-13(7-16(20)8-15)3-4-21-17-9-18(23-12-22-17)24-5-1-2-14(10-24)11-25/h6-9,12,14,25H,1-5,10-11H2,(H,21,22,23). The van der Waals surface area contributed by atoms with Gasteiger partial charge in [0.05, 0.1) is 0 Å². The lowest BCUT2D eigenvalue weighted by Gasteiger charge is -2.32. The molecule has 0 aliphatic carbocycles. The molecule has 1 aromatic heterocycles. The lowest BCUT2D eigenvalue weighted by Crippen LogP contribution is -2.37. The van der Waals surface area contributed by atoms with E-state index >= 15 is 0 Å². The van der Waals surface area contributed by atoms with Crippen molar-refractivity contribution in [2.24, 2.45) is 5.92 Å². The van der Waals surface area contributed by atoms with Gasteiger partial charge in [-0.3, -0.25) is 0 Å². The van der Waals surface area contributed by atoms with Gasteiger partial charge in [0.15, 0.2) is 0 Å². The second-order valence-electron chi connectivity index (χ2n) is 6.35. The van der Waals surface area contributed by atoms with E-state index in [4.69, 9.17) is 23.2 Å². The summed E-state index contributed by atoms with van der Waals surface area (Å²) in [5.74, 6) is 2.03. The molecule has 1 fully saturated rings. The van der Waals surface area contributed by atoms with Crippen LogP contribution in [0.4, 0.5) is 11.6 Å². The molecule has 1 atom stereocenters. The molecular weight excluding hydrogens is 359 g/mol. The highest BCUT2D eigenvalue weighted by molar-refractivity contribution is 6.34. The van der Waals surface area contributed by atoms with Gasteiger partial charge in [0.25, 0.3) is 0 Å². The molecule has 1 unspecified atom stereocenters. The third-order valence-electron chi connectivity index (χ3n) is 4.40. The average Bonchev–Trinajstić information content (AvgIpc) is 2.61. The predicted octanol–water partition coefficient (Wildman–Crippen LogP) is 3.65. The Morgan fingerprint density at radius 1 is 1.16 bits per heavy atom. The van der Waals surface area contributed by atoms with Crippen LogP contribution in [-0.4, -0.2) is 41.3 Å². The first-order valence-corrected chi connectivity index (χ1v) is 9.26. The van der Waals surface area contributed by atoms with Crippen LogP contribution in [0, 0.1) is 5.92 Å². The Kier molecular flexibility index (Phi) is 6.34. The first-order valence-electron chi connectivity index (χ1n) is 8.51. The molecule has 1 aliphatic heterocycles. The molecule has 2 heterocycles. The Morgan fingerprint density at radius 2 is 1.96 bits per heavy atom. The van der Waals surface area contributed by atoms with Gasteiger partial charge in [0.1, 0.15) is 18.0 Å². The average molecular weight is 381 g/mol. The summed E-state index contributed by atoms with van der Waals surface area (Å²) in [7, 11) is 0. The fourth-order valence-corrected chi connectivity index (χ4v) is 3.70. The summed E-state index contributed by atoms with van der Waals surface area (Å²) in [5, 5.41) is 14.0. The largest absolute Gasteiger partial charge is 0.396 e. The third-order valence-corrected chi connectivity index (χ3v) is 4.83. The minimum absolute atomic E-state index is 0.231. The molecule has 7 heteroatoms. The Balaban J connectivity index is 1.58. The number of rotatable bonds is 6. The summed E-state index contributed by atoms with van der Waals surface area (Å²) in [6, 6.07) is 7.53. The van der Waals surface area contributed by atoms with E-state index in [1.807, 2.05) is 18.2 Å². The van der Waals surface area contributed by atoms with Crippen LogP contribution in [0.15, 0.2) is 30.6 Å². The highest BCUT2D eigenvalue weighted by Gasteiger charge is 2.20. The smallest absolute Gasteiger partial charge is 0.134 e. The molecule has 2 aromatic rings. The van der Waals surface area contributed by atoms with E-state index < -0.39 is 0 Å². The van der Waals surface area contributed by atoms with Crippen LogP contribution in [-0.2, 0) is 6.42 Å². The number of hydrogen-bond donors (Lipinski definition) is 2. The van der Waals surface area contributed by atoms with Gasteiger partial charge >= 0.3 is 0 Å². The van der Waals surface area contributed by atoms with Crippen molar-refractivity contribution < 1.29 is 5.11 Å². The van der Waals surface area contributed by atoms with Gasteiger partial charge in [0, 0.05) is 42.4 Å². The molecule has 134 valence electrons. The Bertz CT molecular complexity index is 693. The molecule has 3 rings (SSSR count). The van der Waals surface area contributed by atoms with Gasteiger partial charge in [-0.15, -0.1) is 0 Å². The topological polar surface area (TPSA) is 61.3 Å². The van der Waals surface area contributed by atoms with Gasteiger partial charge in [-0.25, -0.2) is 9.97 Å². The molecule has 0 bridgehead atoms. The van der Waals surface area contributed by atoms with Crippen LogP contribution in [0.1, 0.15) is 18.4 Å². The first-order chi connectivity index (χ1) is 12.1. The molecule has 1 saturated heterocycles. The summed E-state index contributed by atoms with van der Waals surface area (Å²) in [6.45, 7) is 2.77. The monoisotopic (exact) mass is 380 g/mol. The van der Waals surface area contributed by atoms with Gasteiger partial charge in [-0.05, 0) is 48.9 Å². The Hall–Kier alpha value is -1.56. The predicted molar refractivity (Wildman–Crippen MR) is 103 cm³/mol. The van der Waals surface area contributed by atoms with Crippen molar-refractivity contribution in [1.82, 2.24) is 9.97 Å². The Labute approximate surface area is 158 Å². The van der Waals surface area contributed by atoms with E-state index in [0.717, 1.165) is 56.1 Å². The molecule has 2 N–H and O–H groups in total. The minimum atomic E-state index is 0.231. The van der Waals surface area contributed by atoms with Crippen LogP contribution in [0.25, 0.3) is 0 Å². The van der Waals surface area contributed by atoms with Crippen molar-refractivity contribution in [3.63, 3.8) is 0 Å². The molecule has 0 spiro atoms. The van der Waals surface area contributed by atoms with Gasteiger partial charge in [-0.1, -0.05) is 23.2 Å². The van der Waals surface area contributed by atoms with Gasteiger partial charge in [0.2, 0.25) is 0 Å². The lowest BCUT2D eigenvalue weighted by molar-refractivity contribution is 0.208. The van der Waals surface area contributed by atoms with E-state index in [-0.39, 0.29) is 6.61 Å². The zero-order valence-electron chi connectivity index (χ0n) is 14.0. The SMILES string of the molecule is OCC1CCCN(c2cc(NCCc3cc(Cl)cc(Cl)c3)ncn2)C1. The fraction of sp³-hybridized carbons (Fsp3) is 0.444. The van der Waals surface area contributed by atoms with Crippen molar-refractivity contribution in [3.8, 4) is 0 Å². The number of aliphatic hydroxyl groups is 1. The minimum Gasteiger partial charge on any atom is -0.396 e. The maximum atomic E-state index is 9.38. The summed E-state index contributed by atoms with van der Waals surface area (Å²) in [6.07, 6.45) is 4.53. The van der Waals surface area contributed by atoms with E-state index in [1.165, 1.54) is 0 Å². The van der Waals surface area contributed by atoms with E-state index in [1.54, 1.807) is 12.4 Å². The second-order valence-corrected chi connectivity index (χ2v) is 7.23. The molecule has 1 aromatic carbocycles. The number of nitrogens with one attached hydrogen (secondary N) is 1. The quantitative estimate of drug-likeness (QED) is 0.800. The van der Waals surface area contributed by atoms with Crippen molar-refractivity contribution in [3.05, 3.63) is 46.2 Å². The molecule has 0 saturated carbocycles. The molecular formula is C18H22Cl2N4O. The van der Waals surface area contributed by atoms with Gasteiger partial charge < -0.3 is 15.3 Å². The van der Waals surface area contributed by atoms with E-state index in [9.17, 15) is 5.11 Å². The summed E-state index contributed by atoms with van der Waals surface area (Å²) < 4.78 is 0. The van der Waals surface area contributed by atoms with Crippen LogP contribution in [0.2, 0.25) is 10.0 Å². The molecule has 0 radical (unpaired) electrons. The maximum absolute atomic E-state index is 9.38. The normalized spacial score (nSPS) is 17.6. The molecule has 25 heavy (non-hydrogen) atoms. The summed E-state index contributed by atoms with van der Waals surface area (Å²) in [4.78, 5) is 10.9. The maximum Gasteiger partial charge on any atom is 0.134 e. The van der Waals surface area contributed by atoms with Crippen LogP contribution in [0.3, 0.4) is 0 Å². The number of benzene rings is 1. The molecule has 1 aliphatic rings. The van der Waals surface area contributed by atoms with E-state index in [0.29, 0.717) is 16.0 Å². The number of halogens is 2. The first kappa shape index (κ1) is 18.2. The number of anilines is 2. The summed E-state index contributed by atoms with van der Waals surface area (Å²) in [5.41, 5.74) is 1.08. The lowest BCUT2D eigenvalue weighted by atomic mass is 9.99. The van der Waals surface area contributed by atoms with Crippen molar-refractivity contribution in [2.75, 3.05) is 36.5 Å². The zero-order chi connectivity index (χ0) is 17.6. The van der Waals surface area contributed by atoms with Crippen LogP contribution >= 0.6 is 23.2 Å². The second kappa shape index (κ2) is 8.70. The molecule has 0 amide bonds. The zero-order valence-corrected chi connectivity index (χ0v) is 15.5. The molecule has 5 nitrogen and oxygen atoms in total.